The van der Waals surface area contributed by atoms with Crippen molar-refractivity contribution in [3.63, 3.8) is 0 Å². The molecule has 0 atom stereocenters. The van der Waals surface area contributed by atoms with Crippen LogP contribution in [0.1, 0.15) is 35.3 Å². The van der Waals surface area contributed by atoms with Crippen molar-refractivity contribution < 1.29 is 9.21 Å². The molecule has 1 amide bonds. The SMILES string of the molecule is N#Cc1c(NC(=O)CCn2cnc3c(oc4ccccc43)c2=O)sc2c1CCCC2. The number of anilines is 1. The zero-order valence-corrected chi connectivity index (χ0v) is 16.9. The van der Waals surface area contributed by atoms with E-state index in [0.717, 1.165) is 36.6 Å². The van der Waals surface area contributed by atoms with Gasteiger partial charge in [-0.3, -0.25) is 14.2 Å². The van der Waals surface area contributed by atoms with Gasteiger partial charge in [-0.15, -0.1) is 11.3 Å². The highest BCUT2D eigenvalue weighted by molar-refractivity contribution is 7.16. The van der Waals surface area contributed by atoms with Crippen LogP contribution >= 0.6 is 11.3 Å². The molecule has 3 aromatic heterocycles. The number of aromatic nitrogens is 2. The predicted octanol–water partition coefficient (Wildman–Crippen LogP) is 3.98. The maximum atomic E-state index is 12.8. The minimum Gasteiger partial charge on any atom is -0.448 e. The molecular weight excluding hydrogens is 400 g/mol. The summed E-state index contributed by atoms with van der Waals surface area (Å²) >= 11 is 1.49. The molecule has 8 heteroatoms. The number of fused-ring (bicyclic) bond motifs is 4. The lowest BCUT2D eigenvalue weighted by Gasteiger charge is -2.09. The molecule has 7 nitrogen and oxygen atoms in total. The molecule has 0 unspecified atom stereocenters. The third-order valence-electron chi connectivity index (χ3n) is 5.47. The van der Waals surface area contributed by atoms with E-state index >= 15 is 0 Å². The average Bonchev–Trinajstić information content (AvgIpc) is 3.31. The first kappa shape index (κ1) is 18.6. The molecule has 1 aliphatic carbocycles. The highest BCUT2D eigenvalue weighted by Crippen LogP contribution is 2.37. The molecular formula is C22H18N4O3S. The van der Waals surface area contributed by atoms with Crippen molar-refractivity contribution in [2.24, 2.45) is 0 Å². The van der Waals surface area contributed by atoms with Gasteiger partial charge >= 0.3 is 0 Å². The van der Waals surface area contributed by atoms with Gasteiger partial charge in [0.25, 0.3) is 5.56 Å². The van der Waals surface area contributed by atoms with Gasteiger partial charge in [0.2, 0.25) is 11.5 Å². The summed E-state index contributed by atoms with van der Waals surface area (Å²) in [4.78, 5) is 30.8. The van der Waals surface area contributed by atoms with E-state index < -0.39 is 0 Å². The summed E-state index contributed by atoms with van der Waals surface area (Å²) in [6.45, 7) is 0.178. The first-order chi connectivity index (χ1) is 14.7. The molecule has 1 N–H and O–H groups in total. The first-order valence-corrected chi connectivity index (χ1v) is 10.7. The van der Waals surface area contributed by atoms with Gasteiger partial charge in [0.15, 0.2) is 0 Å². The number of nitrogens with zero attached hydrogens (tertiary/aromatic N) is 3. The van der Waals surface area contributed by atoms with Gasteiger partial charge in [0.05, 0.1) is 11.9 Å². The number of amides is 1. The number of rotatable bonds is 4. The lowest BCUT2D eigenvalue weighted by atomic mass is 9.96. The van der Waals surface area contributed by atoms with Crippen LogP contribution in [0, 0.1) is 11.3 Å². The summed E-state index contributed by atoms with van der Waals surface area (Å²) in [6, 6.07) is 9.60. The molecule has 0 fully saturated rings. The standard InChI is InChI=1S/C22H18N4O3S/c23-11-15-13-5-2-4-8-17(13)30-21(15)25-18(27)9-10-26-12-24-19-14-6-1-3-7-16(14)29-20(19)22(26)28/h1,3,6-7,12H,2,4-5,8-10H2,(H,25,27). The molecule has 0 spiro atoms. The van der Waals surface area contributed by atoms with Gasteiger partial charge in [-0.2, -0.15) is 5.26 Å². The Bertz CT molecular complexity index is 1390. The fourth-order valence-corrected chi connectivity index (χ4v) is 5.21. The monoisotopic (exact) mass is 418 g/mol. The molecule has 0 saturated heterocycles. The minimum atomic E-state index is -0.312. The largest absolute Gasteiger partial charge is 0.448 e. The Labute approximate surface area is 175 Å². The lowest BCUT2D eigenvalue weighted by Crippen LogP contribution is -2.23. The van der Waals surface area contributed by atoms with Crippen molar-refractivity contribution in [2.45, 2.75) is 38.6 Å². The molecule has 150 valence electrons. The van der Waals surface area contributed by atoms with Gasteiger partial charge in [-0.05, 0) is 43.4 Å². The van der Waals surface area contributed by atoms with E-state index in [-0.39, 0.29) is 30.0 Å². The molecule has 3 heterocycles. The van der Waals surface area contributed by atoms with E-state index in [1.165, 1.54) is 27.1 Å². The number of aryl methyl sites for hydroxylation is 2. The Morgan fingerprint density at radius 1 is 1.30 bits per heavy atom. The molecule has 4 aromatic rings. The number of hydrogen-bond acceptors (Lipinski definition) is 6. The molecule has 5 rings (SSSR count). The van der Waals surface area contributed by atoms with E-state index in [1.54, 1.807) is 6.07 Å². The normalized spacial score (nSPS) is 13.3. The summed E-state index contributed by atoms with van der Waals surface area (Å²) in [7, 11) is 0. The van der Waals surface area contributed by atoms with Gasteiger partial charge in [-0.1, -0.05) is 12.1 Å². The fraction of sp³-hybridized carbons (Fsp3) is 0.273. The number of nitriles is 1. The van der Waals surface area contributed by atoms with Crippen LogP contribution in [0.2, 0.25) is 0 Å². The van der Waals surface area contributed by atoms with Gasteiger partial charge in [0.1, 0.15) is 22.2 Å². The van der Waals surface area contributed by atoms with Crippen molar-refractivity contribution in [3.8, 4) is 6.07 Å². The van der Waals surface area contributed by atoms with Crippen LogP contribution in [0.25, 0.3) is 22.1 Å². The van der Waals surface area contributed by atoms with E-state index in [9.17, 15) is 14.9 Å². The van der Waals surface area contributed by atoms with Crippen LogP contribution in [0.3, 0.4) is 0 Å². The number of furan rings is 1. The fourth-order valence-electron chi connectivity index (χ4n) is 3.96. The first-order valence-electron chi connectivity index (χ1n) is 9.87. The molecule has 0 aliphatic heterocycles. The number of para-hydroxylation sites is 1. The third kappa shape index (κ3) is 3.08. The Kier molecular flexibility index (Phi) is 4.60. The summed E-state index contributed by atoms with van der Waals surface area (Å²) in [6.07, 6.45) is 5.59. The Morgan fingerprint density at radius 2 is 2.13 bits per heavy atom. The number of carbonyl (C=O) groups excluding carboxylic acids is 1. The third-order valence-corrected chi connectivity index (χ3v) is 6.67. The van der Waals surface area contributed by atoms with Gasteiger partial charge in [-0.25, -0.2) is 4.98 Å². The Balaban J connectivity index is 1.35. The second kappa shape index (κ2) is 7.43. The number of carbonyl (C=O) groups is 1. The van der Waals surface area contributed by atoms with Gasteiger partial charge < -0.3 is 9.73 Å². The van der Waals surface area contributed by atoms with Crippen molar-refractivity contribution in [3.05, 3.63) is 57.0 Å². The van der Waals surface area contributed by atoms with E-state index in [2.05, 4.69) is 16.4 Å². The second-order valence-corrected chi connectivity index (χ2v) is 8.45. The quantitative estimate of drug-likeness (QED) is 0.540. The zero-order valence-electron chi connectivity index (χ0n) is 16.1. The van der Waals surface area contributed by atoms with Gasteiger partial charge in [0, 0.05) is 23.2 Å². The summed E-state index contributed by atoms with van der Waals surface area (Å²) < 4.78 is 7.06. The van der Waals surface area contributed by atoms with Crippen molar-refractivity contribution in [1.29, 1.82) is 5.26 Å². The molecule has 1 aliphatic rings. The van der Waals surface area contributed by atoms with Crippen LogP contribution < -0.4 is 10.9 Å². The average molecular weight is 418 g/mol. The highest BCUT2D eigenvalue weighted by atomic mass is 32.1. The maximum Gasteiger partial charge on any atom is 0.297 e. The Morgan fingerprint density at radius 3 is 3.00 bits per heavy atom. The van der Waals surface area contributed by atoms with E-state index in [4.69, 9.17) is 4.42 Å². The van der Waals surface area contributed by atoms with E-state index in [0.29, 0.717) is 21.7 Å². The van der Waals surface area contributed by atoms with Crippen LogP contribution in [0.4, 0.5) is 5.00 Å². The Hall–Kier alpha value is -3.44. The van der Waals surface area contributed by atoms with Crippen LogP contribution in [0.15, 0.2) is 39.8 Å². The number of nitrogens with one attached hydrogen (secondary N) is 1. The van der Waals surface area contributed by atoms with Crippen LogP contribution in [0.5, 0.6) is 0 Å². The minimum absolute atomic E-state index is 0.0980. The topological polar surface area (TPSA) is 101 Å². The highest BCUT2D eigenvalue weighted by Gasteiger charge is 2.22. The van der Waals surface area contributed by atoms with Crippen LogP contribution in [-0.2, 0) is 24.2 Å². The summed E-state index contributed by atoms with van der Waals surface area (Å²) in [5.41, 5.74) is 2.69. The second-order valence-electron chi connectivity index (χ2n) is 7.34. The molecule has 0 radical (unpaired) electrons. The van der Waals surface area contributed by atoms with E-state index in [1.807, 2.05) is 18.2 Å². The molecule has 0 bridgehead atoms. The number of benzene rings is 1. The summed E-state index contributed by atoms with van der Waals surface area (Å²) in [5, 5.41) is 13.8. The smallest absolute Gasteiger partial charge is 0.297 e. The molecule has 1 aromatic carbocycles. The van der Waals surface area contributed by atoms with Crippen LogP contribution in [-0.4, -0.2) is 15.5 Å². The maximum absolute atomic E-state index is 12.8. The van der Waals surface area contributed by atoms with Crippen molar-refractivity contribution in [1.82, 2.24) is 9.55 Å². The summed E-state index contributed by atoms with van der Waals surface area (Å²) in [5.74, 6) is -0.235. The predicted molar refractivity (Wildman–Crippen MR) is 115 cm³/mol. The molecule has 30 heavy (non-hydrogen) atoms. The number of hydrogen-bond donors (Lipinski definition) is 1. The zero-order chi connectivity index (χ0) is 20.7. The lowest BCUT2D eigenvalue weighted by molar-refractivity contribution is -0.116. The molecule has 0 saturated carbocycles. The van der Waals surface area contributed by atoms with Crippen molar-refractivity contribution in [2.75, 3.05) is 5.32 Å². The van der Waals surface area contributed by atoms with Crippen molar-refractivity contribution >= 4 is 44.3 Å². The number of thiophene rings is 1.